The molecule has 0 spiro atoms. The van der Waals surface area contributed by atoms with E-state index >= 15 is 0 Å². The summed E-state index contributed by atoms with van der Waals surface area (Å²) in [6.45, 7) is 4.01. The lowest BCUT2D eigenvalue weighted by Crippen LogP contribution is -2.30. The van der Waals surface area contributed by atoms with E-state index in [2.05, 4.69) is 10.1 Å². The topological polar surface area (TPSA) is 51.0 Å². The molecule has 1 heterocycles. The number of amides is 1. The molecule has 134 valence electrons. The Morgan fingerprint density at radius 3 is 2.54 bits per heavy atom. The van der Waals surface area contributed by atoms with Crippen molar-refractivity contribution >= 4 is 17.7 Å². The first kappa shape index (κ1) is 18.2. The van der Waals surface area contributed by atoms with Crippen molar-refractivity contribution in [1.29, 1.82) is 0 Å². The van der Waals surface area contributed by atoms with Crippen LogP contribution in [0.5, 0.6) is 0 Å². The second-order valence-electron chi connectivity index (χ2n) is 6.20. The molecular formula is C20H22N4OS. The first-order chi connectivity index (χ1) is 12.5. The highest BCUT2D eigenvalue weighted by Gasteiger charge is 2.20. The molecule has 0 bridgehead atoms. The highest BCUT2D eigenvalue weighted by Crippen LogP contribution is 2.25. The van der Waals surface area contributed by atoms with Gasteiger partial charge >= 0.3 is 0 Å². The van der Waals surface area contributed by atoms with Gasteiger partial charge in [0.05, 0.1) is 11.7 Å². The van der Waals surface area contributed by atoms with Crippen LogP contribution in [0.2, 0.25) is 0 Å². The lowest BCUT2D eigenvalue weighted by atomic mass is 10.0. The Bertz CT molecular complexity index is 891. The molecule has 26 heavy (non-hydrogen) atoms. The van der Waals surface area contributed by atoms with Crippen LogP contribution in [0.15, 0.2) is 60.0 Å². The zero-order valence-corrected chi connectivity index (χ0v) is 16.2. The SMILES string of the molecule is CSc1ccc(C)c(C(=O)N(C)C(C)c2ccc(-n3cncn3)cc2)c1. The van der Waals surface area contributed by atoms with E-state index < -0.39 is 0 Å². The van der Waals surface area contributed by atoms with Crippen molar-refractivity contribution in [3.8, 4) is 5.69 Å². The minimum absolute atomic E-state index is 0.0336. The summed E-state index contributed by atoms with van der Waals surface area (Å²) in [5, 5.41) is 4.13. The van der Waals surface area contributed by atoms with Gasteiger partial charge in [0.15, 0.2) is 0 Å². The van der Waals surface area contributed by atoms with Crippen molar-refractivity contribution in [2.24, 2.45) is 0 Å². The third-order valence-corrected chi connectivity index (χ3v) is 5.36. The summed E-state index contributed by atoms with van der Waals surface area (Å²) >= 11 is 1.64. The molecule has 0 aliphatic rings. The van der Waals surface area contributed by atoms with E-state index in [-0.39, 0.29) is 11.9 Å². The molecule has 0 fully saturated rings. The van der Waals surface area contributed by atoms with Crippen molar-refractivity contribution in [2.45, 2.75) is 24.8 Å². The zero-order valence-electron chi connectivity index (χ0n) is 15.4. The second kappa shape index (κ2) is 7.74. The number of aromatic nitrogens is 3. The van der Waals surface area contributed by atoms with Crippen molar-refractivity contribution in [1.82, 2.24) is 19.7 Å². The van der Waals surface area contributed by atoms with E-state index in [1.54, 1.807) is 27.7 Å². The number of rotatable bonds is 5. The summed E-state index contributed by atoms with van der Waals surface area (Å²) < 4.78 is 1.71. The van der Waals surface area contributed by atoms with Gasteiger partial charge in [-0.25, -0.2) is 9.67 Å². The number of aryl methyl sites for hydroxylation is 1. The van der Waals surface area contributed by atoms with Gasteiger partial charge < -0.3 is 4.90 Å². The third-order valence-electron chi connectivity index (χ3n) is 4.64. The van der Waals surface area contributed by atoms with Crippen LogP contribution in [-0.2, 0) is 0 Å². The van der Waals surface area contributed by atoms with Crippen LogP contribution in [0.1, 0.15) is 34.5 Å². The maximum Gasteiger partial charge on any atom is 0.254 e. The molecule has 1 amide bonds. The molecule has 0 saturated heterocycles. The molecule has 3 rings (SSSR count). The zero-order chi connectivity index (χ0) is 18.7. The molecule has 1 unspecified atom stereocenters. The standard InChI is InChI=1S/C20H22N4OS/c1-14-5-10-18(26-4)11-19(14)20(25)23(3)15(2)16-6-8-17(9-7-16)24-13-21-12-22-24/h5-13,15H,1-4H3. The lowest BCUT2D eigenvalue weighted by molar-refractivity contribution is 0.0741. The summed E-state index contributed by atoms with van der Waals surface area (Å²) in [4.78, 5) is 19.8. The second-order valence-corrected chi connectivity index (χ2v) is 7.08. The van der Waals surface area contributed by atoms with E-state index in [0.717, 1.165) is 27.3 Å². The number of carbonyl (C=O) groups excluding carboxylic acids is 1. The first-order valence-electron chi connectivity index (χ1n) is 8.38. The average molecular weight is 366 g/mol. The summed E-state index contributed by atoms with van der Waals surface area (Å²) in [6.07, 6.45) is 5.19. The fourth-order valence-corrected chi connectivity index (χ4v) is 3.23. The van der Waals surface area contributed by atoms with Gasteiger partial charge in [0.1, 0.15) is 12.7 Å². The van der Waals surface area contributed by atoms with E-state index in [1.807, 2.05) is 69.6 Å². The maximum atomic E-state index is 13.0. The fourth-order valence-electron chi connectivity index (χ4n) is 2.80. The Labute approximate surface area is 158 Å². The molecule has 5 nitrogen and oxygen atoms in total. The summed E-state index contributed by atoms with van der Waals surface area (Å²) in [6, 6.07) is 14.0. The highest BCUT2D eigenvalue weighted by molar-refractivity contribution is 7.98. The van der Waals surface area contributed by atoms with Gasteiger partial charge in [-0.05, 0) is 55.5 Å². The summed E-state index contributed by atoms with van der Waals surface area (Å²) in [5.41, 5.74) is 3.76. The number of carbonyl (C=O) groups is 1. The van der Waals surface area contributed by atoms with E-state index in [4.69, 9.17) is 0 Å². The van der Waals surface area contributed by atoms with E-state index in [9.17, 15) is 4.79 Å². The minimum Gasteiger partial charge on any atom is -0.335 e. The lowest BCUT2D eigenvalue weighted by Gasteiger charge is -2.26. The predicted octanol–water partition coefficient (Wildman–Crippen LogP) is 4.13. The van der Waals surface area contributed by atoms with Gasteiger partial charge in [0.2, 0.25) is 0 Å². The molecule has 0 aliphatic heterocycles. The molecule has 1 atom stereocenters. The molecule has 1 aromatic heterocycles. The van der Waals surface area contributed by atoms with Crippen LogP contribution < -0.4 is 0 Å². The number of thioether (sulfide) groups is 1. The molecule has 3 aromatic rings. The van der Waals surface area contributed by atoms with Crippen LogP contribution in [0, 0.1) is 6.92 Å². The van der Waals surface area contributed by atoms with E-state index in [0.29, 0.717) is 0 Å². The quantitative estimate of drug-likeness (QED) is 0.637. The number of nitrogens with zero attached hydrogens (tertiary/aromatic N) is 4. The monoisotopic (exact) mass is 366 g/mol. The Morgan fingerprint density at radius 1 is 1.19 bits per heavy atom. The highest BCUT2D eigenvalue weighted by atomic mass is 32.2. The Morgan fingerprint density at radius 2 is 1.92 bits per heavy atom. The summed E-state index contributed by atoms with van der Waals surface area (Å²) in [7, 11) is 1.85. The molecular weight excluding hydrogens is 344 g/mol. The third kappa shape index (κ3) is 3.65. The van der Waals surface area contributed by atoms with Crippen LogP contribution in [0.25, 0.3) is 5.69 Å². The Kier molecular flexibility index (Phi) is 5.42. The molecule has 0 saturated carbocycles. The fraction of sp³-hybridized carbons (Fsp3) is 0.250. The minimum atomic E-state index is -0.0374. The predicted molar refractivity (Wildman–Crippen MR) is 105 cm³/mol. The van der Waals surface area contributed by atoms with E-state index in [1.165, 1.54) is 6.33 Å². The maximum absolute atomic E-state index is 13.0. The number of hydrogen-bond donors (Lipinski definition) is 0. The van der Waals surface area contributed by atoms with Gasteiger partial charge in [-0.15, -0.1) is 11.8 Å². The average Bonchev–Trinajstić information content (AvgIpc) is 3.21. The van der Waals surface area contributed by atoms with Gasteiger partial charge in [0, 0.05) is 17.5 Å². The van der Waals surface area contributed by atoms with Crippen LogP contribution >= 0.6 is 11.8 Å². The molecule has 2 aromatic carbocycles. The normalized spacial score (nSPS) is 12.0. The molecule has 0 aliphatic carbocycles. The van der Waals surface area contributed by atoms with Gasteiger partial charge in [0.25, 0.3) is 5.91 Å². The van der Waals surface area contributed by atoms with Gasteiger partial charge in [-0.2, -0.15) is 5.10 Å². The Hall–Kier alpha value is -2.60. The first-order valence-corrected chi connectivity index (χ1v) is 9.60. The Balaban J connectivity index is 1.81. The van der Waals surface area contributed by atoms with Crippen LogP contribution in [0.3, 0.4) is 0 Å². The van der Waals surface area contributed by atoms with Crippen LogP contribution in [-0.4, -0.2) is 38.9 Å². The van der Waals surface area contributed by atoms with Crippen LogP contribution in [0.4, 0.5) is 0 Å². The molecule has 6 heteroatoms. The van der Waals surface area contributed by atoms with Gasteiger partial charge in [-0.1, -0.05) is 18.2 Å². The van der Waals surface area contributed by atoms with Crippen molar-refractivity contribution in [2.75, 3.05) is 13.3 Å². The molecule has 0 radical (unpaired) electrons. The smallest absolute Gasteiger partial charge is 0.254 e. The largest absolute Gasteiger partial charge is 0.335 e. The number of benzene rings is 2. The van der Waals surface area contributed by atoms with Gasteiger partial charge in [-0.3, -0.25) is 4.79 Å². The van der Waals surface area contributed by atoms with Crippen molar-refractivity contribution < 1.29 is 4.79 Å². The number of hydrogen-bond acceptors (Lipinski definition) is 4. The van der Waals surface area contributed by atoms with Crippen molar-refractivity contribution in [3.05, 3.63) is 71.8 Å². The summed E-state index contributed by atoms with van der Waals surface area (Å²) in [5.74, 6) is 0.0336. The molecule has 0 N–H and O–H groups in total. The van der Waals surface area contributed by atoms with Crippen molar-refractivity contribution in [3.63, 3.8) is 0 Å².